The van der Waals surface area contributed by atoms with Crippen LogP contribution in [0.3, 0.4) is 0 Å². The molecule has 0 aliphatic carbocycles. The van der Waals surface area contributed by atoms with Crippen LogP contribution in [0.1, 0.15) is 43.4 Å². The van der Waals surface area contributed by atoms with E-state index in [1.165, 1.54) is 11.6 Å². The van der Waals surface area contributed by atoms with Crippen molar-refractivity contribution in [3.8, 4) is 39.8 Å². The summed E-state index contributed by atoms with van der Waals surface area (Å²) < 4.78 is 44.2. The van der Waals surface area contributed by atoms with Crippen LogP contribution in [-0.4, -0.2) is 63.1 Å². The number of carboxylic acid groups (broad SMARTS) is 1. The number of carboxylic acids is 1. The number of alkyl halides is 2. The summed E-state index contributed by atoms with van der Waals surface area (Å²) >= 11 is 7.11. The van der Waals surface area contributed by atoms with Crippen LogP contribution in [0.2, 0.25) is 5.02 Å². The van der Waals surface area contributed by atoms with Crippen molar-refractivity contribution in [2.45, 2.75) is 59.4 Å². The van der Waals surface area contributed by atoms with Gasteiger partial charge in [0.2, 0.25) is 11.8 Å². The SMILES string of the molecule is Cc1c(-c2nc3cc(CN4CCC[C@H]4C(=O)O)c(OC(F)F)cc3o2)cccc1-c1cccc(-c2nc3ccc(CN4CC(C)(C)C4)cc3o2)c1Cl. The molecule has 8 rings (SSSR count). The van der Waals surface area contributed by atoms with E-state index in [1.807, 2.05) is 55.5 Å². The molecule has 9 nitrogen and oxygen atoms in total. The summed E-state index contributed by atoms with van der Waals surface area (Å²) in [6, 6.07) is 19.9. The molecule has 1 atom stereocenters. The lowest BCUT2D eigenvalue weighted by atomic mass is 9.84. The highest BCUT2D eigenvalue weighted by atomic mass is 35.5. The third-order valence-electron chi connectivity index (χ3n) is 10.1. The number of hydrogen-bond donors (Lipinski definition) is 1. The van der Waals surface area contributed by atoms with Crippen LogP contribution < -0.4 is 4.74 Å². The topological polar surface area (TPSA) is 105 Å². The summed E-state index contributed by atoms with van der Waals surface area (Å²) in [6.07, 6.45) is 1.20. The summed E-state index contributed by atoms with van der Waals surface area (Å²) in [5, 5.41) is 10.1. The molecule has 2 aliphatic rings. The zero-order chi connectivity index (χ0) is 36.3. The molecule has 6 aromatic rings. The number of hydrogen-bond acceptors (Lipinski definition) is 8. The number of nitrogens with zero attached hydrogens (tertiary/aromatic N) is 4. The Morgan fingerprint density at radius 1 is 0.942 bits per heavy atom. The maximum atomic E-state index is 13.5. The third kappa shape index (κ3) is 6.53. The molecule has 4 heterocycles. The van der Waals surface area contributed by atoms with E-state index < -0.39 is 18.6 Å². The smallest absolute Gasteiger partial charge is 0.387 e. The molecule has 0 bridgehead atoms. The second-order valence-electron chi connectivity index (χ2n) is 14.6. The first-order chi connectivity index (χ1) is 24.9. The van der Waals surface area contributed by atoms with Crippen molar-refractivity contribution < 1.29 is 32.3 Å². The fourth-order valence-corrected chi connectivity index (χ4v) is 8.05. The van der Waals surface area contributed by atoms with Crippen molar-refractivity contribution in [1.29, 1.82) is 0 Å². The van der Waals surface area contributed by atoms with Gasteiger partial charge < -0.3 is 18.7 Å². The van der Waals surface area contributed by atoms with Crippen LogP contribution in [0.5, 0.6) is 5.75 Å². The average molecular weight is 727 g/mol. The predicted molar refractivity (Wildman–Crippen MR) is 194 cm³/mol. The molecule has 0 spiro atoms. The molecular formula is C40H37ClF2N4O5. The van der Waals surface area contributed by atoms with Crippen LogP contribution in [0.4, 0.5) is 8.78 Å². The lowest BCUT2D eigenvalue weighted by Gasteiger charge is -2.46. The molecule has 0 amide bonds. The molecule has 0 saturated carbocycles. The summed E-state index contributed by atoms with van der Waals surface area (Å²) in [5.41, 5.74) is 7.92. The van der Waals surface area contributed by atoms with E-state index in [9.17, 15) is 18.7 Å². The molecule has 12 heteroatoms. The number of carbonyl (C=O) groups is 1. The number of benzene rings is 4. The van der Waals surface area contributed by atoms with E-state index >= 15 is 0 Å². The Hall–Kier alpha value is -4.84. The van der Waals surface area contributed by atoms with Gasteiger partial charge >= 0.3 is 12.6 Å². The first kappa shape index (κ1) is 34.3. The molecule has 2 fully saturated rings. The zero-order valence-corrected chi connectivity index (χ0v) is 29.7. The minimum atomic E-state index is -3.07. The molecule has 4 aromatic carbocycles. The normalized spacial score (nSPS) is 17.7. The van der Waals surface area contributed by atoms with Gasteiger partial charge in [-0.2, -0.15) is 8.78 Å². The third-order valence-corrected chi connectivity index (χ3v) is 10.5. The number of oxazole rings is 2. The van der Waals surface area contributed by atoms with Crippen LogP contribution in [0.25, 0.3) is 56.2 Å². The van der Waals surface area contributed by atoms with Gasteiger partial charge in [-0.25, -0.2) is 9.97 Å². The Morgan fingerprint density at radius 2 is 1.62 bits per heavy atom. The number of fused-ring (bicyclic) bond motifs is 2. The number of rotatable bonds is 10. The van der Waals surface area contributed by atoms with Gasteiger partial charge in [-0.1, -0.05) is 55.8 Å². The number of likely N-dealkylation sites (tertiary alicyclic amines) is 2. The van der Waals surface area contributed by atoms with Crippen molar-refractivity contribution in [3.05, 3.63) is 88.4 Å². The Balaban J connectivity index is 1.10. The van der Waals surface area contributed by atoms with Gasteiger partial charge in [0.05, 0.1) is 10.6 Å². The first-order valence-corrected chi connectivity index (χ1v) is 17.7. The van der Waals surface area contributed by atoms with Crippen LogP contribution >= 0.6 is 11.6 Å². The Morgan fingerprint density at radius 3 is 2.35 bits per heavy atom. The maximum absolute atomic E-state index is 13.5. The standard InChI is InChI=1S/C40H37ClF2N4O5/c1-22-25(27-9-5-10-28(35(27)41)37-44-29-13-12-23(15-33(29)50-37)18-46-20-40(2,3)21-46)7-4-8-26(22)36-45-30-16-24(19-47-14-6-11-31(47)38(48)49)32(52-39(42)43)17-34(30)51-36/h4-5,7-10,12-13,15-17,31,39H,6,11,14,18-21H2,1-3H3,(H,48,49)/t31-/m0/s1. The van der Waals surface area contributed by atoms with Crippen molar-refractivity contribution in [2.24, 2.45) is 5.41 Å². The fourth-order valence-electron chi connectivity index (χ4n) is 7.74. The minimum absolute atomic E-state index is 0.0779. The van der Waals surface area contributed by atoms with Gasteiger partial charge in [0.25, 0.3) is 0 Å². The Labute approximate surface area is 303 Å². The van der Waals surface area contributed by atoms with Gasteiger partial charge in [-0.15, -0.1) is 0 Å². The maximum Gasteiger partial charge on any atom is 0.387 e. The Bertz CT molecular complexity index is 2330. The summed E-state index contributed by atoms with van der Waals surface area (Å²) in [5.74, 6) is -0.295. The molecule has 0 unspecified atom stereocenters. The fraction of sp³-hybridized carbons (Fsp3) is 0.325. The van der Waals surface area contributed by atoms with Gasteiger partial charge in [0.15, 0.2) is 11.2 Å². The summed E-state index contributed by atoms with van der Waals surface area (Å²) in [4.78, 5) is 25.4. The number of halogens is 3. The van der Waals surface area contributed by atoms with E-state index in [1.54, 1.807) is 11.0 Å². The lowest BCUT2D eigenvalue weighted by Crippen LogP contribution is -2.52. The highest BCUT2D eigenvalue weighted by molar-refractivity contribution is 6.36. The lowest BCUT2D eigenvalue weighted by molar-refractivity contribution is -0.142. The van der Waals surface area contributed by atoms with Crippen LogP contribution in [-0.2, 0) is 17.9 Å². The van der Waals surface area contributed by atoms with E-state index in [0.29, 0.717) is 69.4 Å². The van der Waals surface area contributed by atoms with E-state index in [4.69, 9.17) is 35.1 Å². The number of aromatic nitrogens is 2. The molecule has 1 N–H and O–H groups in total. The zero-order valence-electron chi connectivity index (χ0n) is 29.0. The first-order valence-electron chi connectivity index (χ1n) is 17.3. The highest BCUT2D eigenvalue weighted by Gasteiger charge is 2.34. The quantitative estimate of drug-likeness (QED) is 0.148. The van der Waals surface area contributed by atoms with Crippen molar-refractivity contribution >= 4 is 39.8 Å². The molecule has 268 valence electrons. The van der Waals surface area contributed by atoms with E-state index in [0.717, 1.165) is 41.8 Å². The molecule has 52 heavy (non-hydrogen) atoms. The van der Waals surface area contributed by atoms with Gasteiger partial charge in [-0.3, -0.25) is 14.6 Å². The molecule has 2 saturated heterocycles. The largest absolute Gasteiger partial charge is 0.480 e. The molecule has 2 aliphatic heterocycles. The van der Waals surface area contributed by atoms with E-state index in [2.05, 4.69) is 24.8 Å². The number of aliphatic carboxylic acids is 1. The molecule has 2 aromatic heterocycles. The Kier molecular flexibility index (Phi) is 8.76. The van der Waals surface area contributed by atoms with Crippen LogP contribution in [0, 0.1) is 12.3 Å². The van der Waals surface area contributed by atoms with E-state index in [-0.39, 0.29) is 17.9 Å². The van der Waals surface area contributed by atoms with Gasteiger partial charge in [0, 0.05) is 48.9 Å². The molecule has 0 radical (unpaired) electrons. The second kappa shape index (κ2) is 13.3. The van der Waals surface area contributed by atoms with Gasteiger partial charge in [-0.05, 0) is 78.7 Å². The second-order valence-corrected chi connectivity index (χ2v) is 14.9. The average Bonchev–Trinajstić information content (AvgIpc) is 3.82. The molecular weight excluding hydrogens is 690 g/mol. The highest BCUT2D eigenvalue weighted by Crippen LogP contribution is 2.41. The van der Waals surface area contributed by atoms with Crippen LogP contribution in [0.15, 0.2) is 75.6 Å². The summed E-state index contributed by atoms with van der Waals surface area (Å²) in [6.45, 7) is 7.08. The monoisotopic (exact) mass is 726 g/mol. The van der Waals surface area contributed by atoms with Crippen molar-refractivity contribution in [3.63, 3.8) is 0 Å². The predicted octanol–water partition coefficient (Wildman–Crippen LogP) is 9.42. The van der Waals surface area contributed by atoms with Crippen molar-refractivity contribution in [2.75, 3.05) is 19.6 Å². The summed E-state index contributed by atoms with van der Waals surface area (Å²) in [7, 11) is 0. The van der Waals surface area contributed by atoms with Crippen molar-refractivity contribution in [1.82, 2.24) is 19.8 Å². The minimum Gasteiger partial charge on any atom is -0.480 e. The number of ether oxygens (including phenoxy) is 1. The van der Waals surface area contributed by atoms with Gasteiger partial charge in [0.1, 0.15) is 22.8 Å².